The minimum absolute atomic E-state index is 0.522. The lowest BCUT2D eigenvalue weighted by Gasteiger charge is -2.08. The third kappa shape index (κ3) is 1.95. The van der Waals surface area contributed by atoms with Crippen LogP contribution in [0.4, 0.5) is 0 Å². The van der Waals surface area contributed by atoms with Crippen molar-refractivity contribution in [1.29, 1.82) is 0 Å². The van der Waals surface area contributed by atoms with E-state index in [9.17, 15) is 0 Å². The number of ether oxygens (including phenoxy) is 1. The predicted molar refractivity (Wildman–Crippen MR) is 71.4 cm³/mol. The zero-order valence-corrected chi connectivity index (χ0v) is 11.1. The molecule has 5 heteroatoms. The fourth-order valence-corrected chi connectivity index (χ4v) is 2.86. The molecule has 1 N–H and O–H groups in total. The Morgan fingerprint density at radius 1 is 1.61 bits per heavy atom. The first-order valence-corrected chi connectivity index (χ1v) is 6.57. The van der Waals surface area contributed by atoms with Crippen LogP contribution < -0.4 is 10.1 Å². The number of aromatic nitrogens is 2. The van der Waals surface area contributed by atoms with E-state index in [1.807, 2.05) is 22.7 Å². The third-order valence-electron chi connectivity index (χ3n) is 3.51. The van der Waals surface area contributed by atoms with Crippen LogP contribution in [0.15, 0.2) is 18.3 Å². The molecular weight excluding hydrogens is 250 g/mol. The van der Waals surface area contributed by atoms with Gasteiger partial charge in [0, 0.05) is 12.6 Å². The summed E-state index contributed by atoms with van der Waals surface area (Å²) in [5, 5.41) is 3.90. The highest BCUT2D eigenvalue weighted by atomic mass is 35.5. The van der Waals surface area contributed by atoms with Crippen LogP contribution in [-0.4, -0.2) is 29.6 Å². The number of methoxy groups -OCH3 is 1. The van der Waals surface area contributed by atoms with Crippen LogP contribution in [-0.2, 0) is 6.42 Å². The Balaban J connectivity index is 2.02. The fraction of sp³-hybridized carbons (Fsp3) is 0.462. The van der Waals surface area contributed by atoms with E-state index >= 15 is 0 Å². The molecule has 96 valence electrons. The number of hydrogen-bond acceptors (Lipinski definition) is 3. The minimum atomic E-state index is 0.522. The summed E-state index contributed by atoms with van der Waals surface area (Å²) >= 11 is 6.22. The summed E-state index contributed by atoms with van der Waals surface area (Å²) in [6, 6.07) is 3.87. The molecule has 1 unspecified atom stereocenters. The van der Waals surface area contributed by atoms with Gasteiger partial charge in [-0.15, -0.1) is 0 Å². The summed E-state index contributed by atoms with van der Waals surface area (Å²) in [6.45, 7) is 2.17. The molecule has 3 heterocycles. The highest BCUT2D eigenvalue weighted by Gasteiger charge is 2.20. The normalized spacial score (nSPS) is 19.6. The molecular formula is C13H16ClN3O. The van der Waals surface area contributed by atoms with Gasteiger partial charge in [-0.25, -0.2) is 4.98 Å². The van der Waals surface area contributed by atoms with Gasteiger partial charge in [-0.2, -0.15) is 0 Å². The standard InChI is InChI=1S/C13H16ClN3O/c1-18-10-3-2-6-17-11(16-13(14)12(10)17)7-9-4-5-15-8-9/h2-3,6,9,15H,4-5,7-8H2,1H3. The fourth-order valence-electron chi connectivity index (χ4n) is 2.58. The number of rotatable bonds is 3. The molecule has 3 rings (SSSR count). The zero-order valence-electron chi connectivity index (χ0n) is 10.3. The highest BCUT2D eigenvalue weighted by Crippen LogP contribution is 2.28. The number of nitrogens with one attached hydrogen (secondary N) is 1. The molecule has 0 aromatic carbocycles. The van der Waals surface area contributed by atoms with Crippen molar-refractivity contribution >= 4 is 17.1 Å². The molecule has 0 radical (unpaired) electrons. The van der Waals surface area contributed by atoms with E-state index in [4.69, 9.17) is 16.3 Å². The quantitative estimate of drug-likeness (QED) is 0.924. The SMILES string of the molecule is COc1cccn2c(CC3CCNC3)nc(Cl)c12. The molecule has 0 spiro atoms. The molecule has 1 aliphatic rings. The van der Waals surface area contributed by atoms with Gasteiger partial charge in [0.05, 0.1) is 7.11 Å². The summed E-state index contributed by atoms with van der Waals surface area (Å²) in [5.74, 6) is 2.44. The van der Waals surface area contributed by atoms with E-state index in [2.05, 4.69) is 10.3 Å². The number of imidazole rings is 1. The molecule has 0 amide bonds. The minimum Gasteiger partial charge on any atom is -0.494 e. The Labute approximate surface area is 111 Å². The molecule has 0 bridgehead atoms. The van der Waals surface area contributed by atoms with Crippen LogP contribution in [0.1, 0.15) is 12.2 Å². The Kier molecular flexibility index (Phi) is 3.14. The summed E-state index contributed by atoms with van der Waals surface area (Å²) in [7, 11) is 1.65. The molecule has 1 atom stereocenters. The monoisotopic (exact) mass is 265 g/mol. The first-order chi connectivity index (χ1) is 8.79. The Morgan fingerprint density at radius 2 is 2.50 bits per heavy atom. The first kappa shape index (κ1) is 11.8. The smallest absolute Gasteiger partial charge is 0.158 e. The van der Waals surface area contributed by atoms with E-state index in [-0.39, 0.29) is 0 Å². The number of hydrogen-bond donors (Lipinski definition) is 1. The first-order valence-electron chi connectivity index (χ1n) is 6.19. The number of fused-ring (bicyclic) bond motifs is 1. The molecule has 1 aliphatic heterocycles. The van der Waals surface area contributed by atoms with Gasteiger partial charge in [-0.05, 0) is 37.6 Å². The Bertz CT molecular complexity index is 561. The third-order valence-corrected chi connectivity index (χ3v) is 3.77. The van der Waals surface area contributed by atoms with Crippen LogP contribution in [0.3, 0.4) is 0 Å². The van der Waals surface area contributed by atoms with Crippen LogP contribution >= 0.6 is 11.6 Å². The van der Waals surface area contributed by atoms with E-state index in [0.717, 1.165) is 36.6 Å². The van der Waals surface area contributed by atoms with Gasteiger partial charge >= 0.3 is 0 Å². The van der Waals surface area contributed by atoms with Crippen molar-refractivity contribution in [2.24, 2.45) is 5.92 Å². The van der Waals surface area contributed by atoms with Crippen LogP contribution in [0.5, 0.6) is 5.75 Å². The van der Waals surface area contributed by atoms with Crippen molar-refractivity contribution < 1.29 is 4.74 Å². The van der Waals surface area contributed by atoms with E-state index < -0.39 is 0 Å². The maximum atomic E-state index is 6.22. The summed E-state index contributed by atoms with van der Waals surface area (Å²) in [4.78, 5) is 4.48. The molecule has 2 aromatic heterocycles. The summed E-state index contributed by atoms with van der Waals surface area (Å²) in [5.41, 5.74) is 0.864. The lowest BCUT2D eigenvalue weighted by molar-refractivity contribution is 0.417. The van der Waals surface area contributed by atoms with Crippen molar-refractivity contribution in [2.45, 2.75) is 12.8 Å². The zero-order chi connectivity index (χ0) is 12.5. The summed E-state index contributed by atoms with van der Waals surface area (Å²) < 4.78 is 7.38. The van der Waals surface area contributed by atoms with Gasteiger partial charge in [0.2, 0.25) is 0 Å². The van der Waals surface area contributed by atoms with Crippen molar-refractivity contribution in [3.8, 4) is 5.75 Å². The van der Waals surface area contributed by atoms with E-state index in [1.54, 1.807) is 7.11 Å². The van der Waals surface area contributed by atoms with Gasteiger partial charge in [0.15, 0.2) is 5.15 Å². The maximum Gasteiger partial charge on any atom is 0.158 e. The summed E-state index contributed by atoms with van der Waals surface area (Å²) in [6.07, 6.45) is 4.15. The molecule has 4 nitrogen and oxygen atoms in total. The van der Waals surface area contributed by atoms with Gasteiger partial charge in [0.25, 0.3) is 0 Å². The average Bonchev–Trinajstić information content (AvgIpc) is 2.99. The van der Waals surface area contributed by atoms with Gasteiger partial charge in [-0.3, -0.25) is 4.40 Å². The van der Waals surface area contributed by atoms with E-state index in [1.165, 1.54) is 6.42 Å². The Morgan fingerprint density at radius 3 is 3.22 bits per heavy atom. The highest BCUT2D eigenvalue weighted by molar-refractivity contribution is 6.33. The van der Waals surface area contributed by atoms with Crippen molar-refractivity contribution in [1.82, 2.24) is 14.7 Å². The average molecular weight is 266 g/mol. The van der Waals surface area contributed by atoms with Crippen molar-refractivity contribution in [3.05, 3.63) is 29.3 Å². The van der Waals surface area contributed by atoms with Gasteiger partial charge < -0.3 is 10.1 Å². The Hall–Kier alpha value is -1.26. The van der Waals surface area contributed by atoms with Gasteiger partial charge in [-0.1, -0.05) is 11.6 Å². The topological polar surface area (TPSA) is 38.6 Å². The van der Waals surface area contributed by atoms with Gasteiger partial charge in [0.1, 0.15) is 17.1 Å². The second-order valence-corrected chi connectivity index (χ2v) is 5.03. The van der Waals surface area contributed by atoms with Crippen LogP contribution in [0.2, 0.25) is 5.15 Å². The second kappa shape index (κ2) is 4.78. The molecule has 0 saturated carbocycles. The molecule has 1 fully saturated rings. The number of nitrogens with zero attached hydrogens (tertiary/aromatic N) is 2. The predicted octanol–water partition coefficient (Wildman–Crippen LogP) is 2.15. The van der Waals surface area contributed by atoms with Crippen molar-refractivity contribution in [3.63, 3.8) is 0 Å². The lowest BCUT2D eigenvalue weighted by Crippen LogP contribution is -2.12. The van der Waals surface area contributed by atoms with Crippen molar-refractivity contribution in [2.75, 3.05) is 20.2 Å². The number of halogens is 1. The molecule has 18 heavy (non-hydrogen) atoms. The molecule has 2 aromatic rings. The maximum absolute atomic E-state index is 6.22. The van der Waals surface area contributed by atoms with Crippen LogP contribution in [0.25, 0.3) is 5.52 Å². The van der Waals surface area contributed by atoms with Crippen LogP contribution in [0, 0.1) is 5.92 Å². The largest absolute Gasteiger partial charge is 0.494 e. The molecule has 0 aliphatic carbocycles. The number of pyridine rings is 1. The van der Waals surface area contributed by atoms with E-state index in [0.29, 0.717) is 11.1 Å². The lowest BCUT2D eigenvalue weighted by atomic mass is 10.1. The second-order valence-electron chi connectivity index (χ2n) is 4.68. The molecule has 1 saturated heterocycles.